The lowest BCUT2D eigenvalue weighted by Crippen LogP contribution is -2.11. The van der Waals surface area contributed by atoms with Crippen molar-refractivity contribution < 1.29 is 0 Å². The lowest BCUT2D eigenvalue weighted by Gasteiger charge is -2.11. The first kappa shape index (κ1) is 11.0. The summed E-state index contributed by atoms with van der Waals surface area (Å²) in [6.45, 7) is 6.49. The van der Waals surface area contributed by atoms with Crippen LogP contribution in [-0.4, -0.2) is 4.98 Å². The van der Waals surface area contributed by atoms with Gasteiger partial charge in [-0.15, -0.1) is 0 Å². The summed E-state index contributed by atoms with van der Waals surface area (Å²) in [6.07, 6.45) is 4.02. The molecule has 0 saturated carbocycles. The molecule has 0 fully saturated rings. The summed E-state index contributed by atoms with van der Waals surface area (Å²) >= 11 is 0. The van der Waals surface area contributed by atoms with Gasteiger partial charge in [0, 0.05) is 6.20 Å². The molecule has 0 unspecified atom stereocenters. The maximum Gasteiger partial charge on any atom is 0.143 e. The number of nitrogens with two attached hydrogens (primary N) is 1. The van der Waals surface area contributed by atoms with Gasteiger partial charge in [-0.25, -0.2) is 10.8 Å². The number of aromatic nitrogens is 1. The zero-order valence-corrected chi connectivity index (χ0v) is 9.17. The zero-order valence-electron chi connectivity index (χ0n) is 9.17. The van der Waals surface area contributed by atoms with Gasteiger partial charge in [-0.05, 0) is 23.5 Å². The molecule has 0 saturated heterocycles. The summed E-state index contributed by atoms with van der Waals surface area (Å²) in [7, 11) is 0. The van der Waals surface area contributed by atoms with Crippen LogP contribution in [0.3, 0.4) is 0 Å². The third-order valence-corrected chi connectivity index (χ3v) is 2.31. The fraction of sp³-hybridized carbons (Fsp3) is 0.545. The van der Waals surface area contributed by atoms with Crippen molar-refractivity contribution in [2.75, 3.05) is 5.43 Å². The topological polar surface area (TPSA) is 50.9 Å². The van der Waals surface area contributed by atoms with Gasteiger partial charge in [-0.1, -0.05) is 33.3 Å². The van der Waals surface area contributed by atoms with Crippen LogP contribution in [0.5, 0.6) is 0 Å². The van der Waals surface area contributed by atoms with E-state index >= 15 is 0 Å². The van der Waals surface area contributed by atoms with Crippen molar-refractivity contribution in [3.05, 3.63) is 23.4 Å². The Morgan fingerprint density at radius 2 is 2.21 bits per heavy atom. The second kappa shape index (κ2) is 4.96. The molecular formula is C11H19N3. The number of anilines is 1. The molecule has 14 heavy (non-hydrogen) atoms. The number of rotatable bonds is 4. The molecule has 0 radical (unpaired) electrons. The Bertz CT molecular complexity index is 295. The van der Waals surface area contributed by atoms with Crippen molar-refractivity contribution >= 4 is 5.82 Å². The van der Waals surface area contributed by atoms with Crippen LogP contribution >= 0.6 is 0 Å². The van der Waals surface area contributed by atoms with Crippen molar-refractivity contribution in [3.8, 4) is 0 Å². The lowest BCUT2D eigenvalue weighted by atomic mass is 10.0. The lowest BCUT2D eigenvalue weighted by molar-refractivity contribution is 0.842. The third kappa shape index (κ3) is 2.45. The number of hydrazine groups is 1. The van der Waals surface area contributed by atoms with Crippen molar-refractivity contribution in [1.82, 2.24) is 4.98 Å². The third-order valence-electron chi connectivity index (χ3n) is 2.31. The minimum Gasteiger partial charge on any atom is -0.308 e. The highest BCUT2D eigenvalue weighted by molar-refractivity contribution is 5.44. The molecule has 0 atom stereocenters. The number of pyridine rings is 1. The molecule has 1 rings (SSSR count). The number of hydrogen-bond acceptors (Lipinski definition) is 3. The SMILES string of the molecule is CCCc1cc(C(C)C)cnc1NN. The molecule has 0 aliphatic carbocycles. The first-order valence-electron chi connectivity index (χ1n) is 5.14. The first-order valence-corrected chi connectivity index (χ1v) is 5.14. The van der Waals surface area contributed by atoms with Gasteiger partial charge < -0.3 is 5.43 Å². The van der Waals surface area contributed by atoms with Gasteiger partial charge in [0.2, 0.25) is 0 Å². The van der Waals surface area contributed by atoms with E-state index in [1.807, 2.05) is 6.20 Å². The highest BCUT2D eigenvalue weighted by Gasteiger charge is 2.05. The van der Waals surface area contributed by atoms with Gasteiger partial charge in [0.05, 0.1) is 0 Å². The molecule has 3 heteroatoms. The van der Waals surface area contributed by atoms with Gasteiger partial charge in [-0.2, -0.15) is 0 Å². The second-order valence-electron chi connectivity index (χ2n) is 3.83. The van der Waals surface area contributed by atoms with E-state index in [0.29, 0.717) is 5.92 Å². The molecule has 3 N–H and O–H groups in total. The Hall–Kier alpha value is -1.09. The molecule has 0 aliphatic rings. The summed E-state index contributed by atoms with van der Waals surface area (Å²) in [6, 6.07) is 2.19. The molecule has 0 bridgehead atoms. The van der Waals surface area contributed by atoms with Gasteiger partial charge in [0.1, 0.15) is 5.82 Å². The number of aryl methyl sites for hydroxylation is 1. The monoisotopic (exact) mass is 193 g/mol. The zero-order chi connectivity index (χ0) is 10.6. The van der Waals surface area contributed by atoms with Gasteiger partial charge in [0.25, 0.3) is 0 Å². The Morgan fingerprint density at radius 1 is 1.50 bits per heavy atom. The van der Waals surface area contributed by atoms with Crippen molar-refractivity contribution in [2.45, 2.75) is 39.5 Å². The fourth-order valence-electron chi connectivity index (χ4n) is 1.43. The van der Waals surface area contributed by atoms with Crippen LogP contribution < -0.4 is 11.3 Å². The highest BCUT2D eigenvalue weighted by atomic mass is 15.2. The number of hydrogen-bond donors (Lipinski definition) is 2. The molecular weight excluding hydrogens is 174 g/mol. The van der Waals surface area contributed by atoms with Crippen LogP contribution in [0.2, 0.25) is 0 Å². The van der Waals surface area contributed by atoms with Crippen molar-refractivity contribution in [2.24, 2.45) is 5.84 Å². The summed E-state index contributed by atoms with van der Waals surface area (Å²) in [5.41, 5.74) is 5.12. The van der Waals surface area contributed by atoms with Crippen LogP contribution in [0.1, 0.15) is 44.2 Å². The molecule has 0 aromatic carbocycles. The van der Waals surface area contributed by atoms with Crippen LogP contribution in [0, 0.1) is 0 Å². The largest absolute Gasteiger partial charge is 0.308 e. The predicted molar refractivity (Wildman–Crippen MR) is 60.1 cm³/mol. The van der Waals surface area contributed by atoms with Crippen LogP contribution in [0.25, 0.3) is 0 Å². The first-order chi connectivity index (χ1) is 6.69. The smallest absolute Gasteiger partial charge is 0.143 e. The number of nitrogens with zero attached hydrogens (tertiary/aromatic N) is 1. The Labute approximate surface area is 85.7 Å². The highest BCUT2D eigenvalue weighted by Crippen LogP contribution is 2.20. The van der Waals surface area contributed by atoms with E-state index in [1.165, 1.54) is 11.1 Å². The maximum atomic E-state index is 5.39. The van der Waals surface area contributed by atoms with Crippen LogP contribution in [0.15, 0.2) is 12.3 Å². The fourth-order valence-corrected chi connectivity index (χ4v) is 1.43. The minimum atomic E-state index is 0.518. The summed E-state index contributed by atoms with van der Waals surface area (Å²) < 4.78 is 0. The molecule has 1 aromatic rings. The average molecular weight is 193 g/mol. The van der Waals surface area contributed by atoms with Crippen LogP contribution in [0.4, 0.5) is 5.82 Å². The molecule has 0 aliphatic heterocycles. The molecule has 1 heterocycles. The normalized spacial score (nSPS) is 10.6. The maximum absolute atomic E-state index is 5.39. The average Bonchev–Trinajstić information content (AvgIpc) is 2.18. The summed E-state index contributed by atoms with van der Waals surface area (Å²) in [5, 5.41) is 0. The molecule has 0 spiro atoms. The van der Waals surface area contributed by atoms with E-state index in [0.717, 1.165) is 18.7 Å². The predicted octanol–water partition coefficient (Wildman–Crippen LogP) is 2.44. The van der Waals surface area contributed by atoms with Gasteiger partial charge in [0.15, 0.2) is 0 Å². The number of nitrogen functional groups attached to an aromatic ring is 1. The van der Waals surface area contributed by atoms with Crippen molar-refractivity contribution in [3.63, 3.8) is 0 Å². The molecule has 78 valence electrons. The molecule has 1 aromatic heterocycles. The minimum absolute atomic E-state index is 0.518. The van der Waals surface area contributed by atoms with E-state index in [9.17, 15) is 0 Å². The Balaban J connectivity index is 3.01. The van der Waals surface area contributed by atoms with E-state index in [-0.39, 0.29) is 0 Å². The quantitative estimate of drug-likeness (QED) is 0.570. The Kier molecular flexibility index (Phi) is 3.89. The summed E-state index contributed by atoms with van der Waals surface area (Å²) in [5.74, 6) is 6.72. The number of nitrogens with one attached hydrogen (secondary N) is 1. The van der Waals surface area contributed by atoms with Crippen molar-refractivity contribution in [1.29, 1.82) is 0 Å². The summed E-state index contributed by atoms with van der Waals surface area (Å²) in [4.78, 5) is 4.30. The van der Waals surface area contributed by atoms with Gasteiger partial charge in [-0.3, -0.25) is 0 Å². The Morgan fingerprint density at radius 3 is 2.71 bits per heavy atom. The van der Waals surface area contributed by atoms with E-state index < -0.39 is 0 Å². The van der Waals surface area contributed by atoms with Crippen LogP contribution in [-0.2, 0) is 6.42 Å². The molecule has 3 nitrogen and oxygen atoms in total. The van der Waals surface area contributed by atoms with Gasteiger partial charge >= 0.3 is 0 Å². The molecule has 0 amide bonds. The van der Waals surface area contributed by atoms with E-state index in [2.05, 4.69) is 37.2 Å². The second-order valence-corrected chi connectivity index (χ2v) is 3.83. The standard InChI is InChI=1S/C11H19N3/c1-4-5-9-6-10(8(2)3)7-13-11(9)14-12/h6-8H,4-5,12H2,1-3H3,(H,13,14). The van der Waals surface area contributed by atoms with E-state index in [1.54, 1.807) is 0 Å². The van der Waals surface area contributed by atoms with E-state index in [4.69, 9.17) is 5.84 Å².